The monoisotopic (exact) mass is 283 g/mol. The molecule has 0 saturated carbocycles. The van der Waals surface area contributed by atoms with Crippen molar-refractivity contribution in [3.05, 3.63) is 59.4 Å². The number of pyridine rings is 1. The van der Waals surface area contributed by atoms with Gasteiger partial charge in [-0.15, -0.1) is 0 Å². The lowest BCUT2D eigenvalue weighted by molar-refractivity contribution is -0.123. The average Bonchev–Trinajstić information content (AvgIpc) is 2.49. The van der Waals surface area contributed by atoms with Crippen LogP contribution in [0.4, 0.5) is 0 Å². The number of ether oxygens (including phenoxy) is 1. The van der Waals surface area contributed by atoms with Gasteiger partial charge in [-0.05, 0) is 43.2 Å². The Morgan fingerprint density at radius 2 is 2.19 bits per heavy atom. The van der Waals surface area contributed by atoms with E-state index >= 15 is 0 Å². The number of aromatic nitrogens is 1. The van der Waals surface area contributed by atoms with E-state index in [1.807, 2.05) is 44.2 Å². The van der Waals surface area contributed by atoms with Gasteiger partial charge in [0.2, 0.25) is 0 Å². The predicted molar refractivity (Wildman–Crippen MR) is 81.4 cm³/mol. The number of nitrogens with zero attached hydrogens (tertiary/aromatic N) is 2. The molecule has 1 amide bonds. The summed E-state index contributed by atoms with van der Waals surface area (Å²) < 4.78 is 5.48. The van der Waals surface area contributed by atoms with Crippen molar-refractivity contribution in [2.75, 3.05) is 6.61 Å². The lowest BCUT2D eigenvalue weighted by Crippen LogP contribution is -2.24. The molecular weight excluding hydrogens is 266 g/mol. The van der Waals surface area contributed by atoms with Crippen LogP contribution in [0.15, 0.2) is 47.7 Å². The van der Waals surface area contributed by atoms with Gasteiger partial charge in [0, 0.05) is 6.20 Å². The van der Waals surface area contributed by atoms with E-state index < -0.39 is 0 Å². The zero-order valence-electron chi connectivity index (χ0n) is 12.0. The fourth-order valence-corrected chi connectivity index (χ4v) is 1.66. The third-order valence-corrected chi connectivity index (χ3v) is 2.78. The van der Waals surface area contributed by atoms with Crippen molar-refractivity contribution in [2.24, 2.45) is 5.10 Å². The second-order valence-corrected chi connectivity index (χ2v) is 4.61. The predicted octanol–water partition coefficient (Wildman–Crippen LogP) is 2.23. The van der Waals surface area contributed by atoms with Crippen molar-refractivity contribution >= 4 is 12.1 Å². The second kappa shape index (κ2) is 7.19. The fraction of sp³-hybridized carbons (Fsp3) is 0.188. The number of amides is 1. The molecule has 0 spiro atoms. The molecule has 1 N–H and O–H groups in total. The first-order valence-corrected chi connectivity index (χ1v) is 6.58. The molecule has 0 aliphatic heterocycles. The standard InChI is InChI=1S/C16H17N3O2/c1-12-6-7-13(2)15(9-12)21-11-16(20)19-18-10-14-5-3-4-8-17-14/h3-10H,11H2,1-2H3,(H,19,20)/b18-10+. The van der Waals surface area contributed by atoms with Gasteiger partial charge in [-0.25, -0.2) is 5.43 Å². The highest BCUT2D eigenvalue weighted by Crippen LogP contribution is 2.18. The minimum absolute atomic E-state index is 0.0795. The minimum atomic E-state index is -0.317. The number of hydrazone groups is 1. The van der Waals surface area contributed by atoms with Crippen LogP contribution in [0, 0.1) is 13.8 Å². The molecule has 0 fully saturated rings. The van der Waals surface area contributed by atoms with Gasteiger partial charge in [-0.1, -0.05) is 18.2 Å². The first-order valence-electron chi connectivity index (χ1n) is 6.58. The fourth-order valence-electron chi connectivity index (χ4n) is 1.66. The molecule has 1 heterocycles. The first-order chi connectivity index (χ1) is 10.1. The Morgan fingerprint density at radius 1 is 1.33 bits per heavy atom. The molecule has 0 aliphatic rings. The van der Waals surface area contributed by atoms with E-state index in [2.05, 4.69) is 15.5 Å². The third kappa shape index (κ3) is 4.72. The Bertz CT molecular complexity index is 639. The summed E-state index contributed by atoms with van der Waals surface area (Å²) in [5, 5.41) is 3.83. The van der Waals surface area contributed by atoms with Crippen LogP contribution in [-0.2, 0) is 4.79 Å². The maximum absolute atomic E-state index is 11.6. The van der Waals surface area contributed by atoms with Crippen molar-refractivity contribution in [2.45, 2.75) is 13.8 Å². The van der Waals surface area contributed by atoms with E-state index in [0.717, 1.165) is 11.1 Å². The lowest BCUT2D eigenvalue weighted by Gasteiger charge is -2.08. The largest absolute Gasteiger partial charge is 0.483 e. The summed E-state index contributed by atoms with van der Waals surface area (Å²) in [5.74, 6) is 0.391. The summed E-state index contributed by atoms with van der Waals surface area (Å²) >= 11 is 0. The SMILES string of the molecule is Cc1ccc(C)c(OCC(=O)N/N=C/c2ccccn2)c1. The summed E-state index contributed by atoms with van der Waals surface area (Å²) in [6.45, 7) is 3.83. The minimum Gasteiger partial charge on any atom is -0.483 e. The zero-order valence-corrected chi connectivity index (χ0v) is 12.0. The molecule has 0 saturated heterocycles. The molecular formula is C16H17N3O2. The van der Waals surface area contributed by atoms with Crippen molar-refractivity contribution < 1.29 is 9.53 Å². The Balaban J connectivity index is 1.82. The smallest absolute Gasteiger partial charge is 0.277 e. The van der Waals surface area contributed by atoms with Gasteiger partial charge >= 0.3 is 0 Å². The van der Waals surface area contributed by atoms with Crippen LogP contribution in [0.25, 0.3) is 0 Å². The molecule has 0 aliphatic carbocycles. The van der Waals surface area contributed by atoms with Crippen molar-refractivity contribution in [1.29, 1.82) is 0 Å². The molecule has 5 nitrogen and oxygen atoms in total. The highest BCUT2D eigenvalue weighted by Gasteiger charge is 2.04. The van der Waals surface area contributed by atoms with Gasteiger partial charge in [0.25, 0.3) is 5.91 Å². The number of hydrogen-bond acceptors (Lipinski definition) is 4. The summed E-state index contributed by atoms with van der Waals surface area (Å²) in [6, 6.07) is 11.3. The van der Waals surface area contributed by atoms with Crippen LogP contribution < -0.4 is 10.2 Å². The van der Waals surface area contributed by atoms with Gasteiger partial charge in [0.15, 0.2) is 6.61 Å². The average molecular weight is 283 g/mol. The summed E-state index contributed by atoms with van der Waals surface area (Å²) in [6.07, 6.45) is 3.14. The number of nitrogens with one attached hydrogen (secondary N) is 1. The summed E-state index contributed by atoms with van der Waals surface area (Å²) in [7, 11) is 0. The number of carbonyl (C=O) groups is 1. The van der Waals surface area contributed by atoms with Crippen LogP contribution >= 0.6 is 0 Å². The Labute approximate surface area is 123 Å². The maximum atomic E-state index is 11.6. The molecule has 2 aromatic rings. The summed E-state index contributed by atoms with van der Waals surface area (Å²) in [4.78, 5) is 15.7. The number of hydrogen-bond donors (Lipinski definition) is 1. The van der Waals surface area contributed by atoms with Crippen LogP contribution in [0.2, 0.25) is 0 Å². The zero-order chi connectivity index (χ0) is 15.1. The van der Waals surface area contributed by atoms with E-state index in [4.69, 9.17) is 4.74 Å². The number of carbonyl (C=O) groups excluding carboxylic acids is 1. The highest BCUT2D eigenvalue weighted by atomic mass is 16.5. The van der Waals surface area contributed by atoms with Crippen molar-refractivity contribution in [1.82, 2.24) is 10.4 Å². The van der Waals surface area contributed by atoms with E-state index in [1.165, 1.54) is 6.21 Å². The topological polar surface area (TPSA) is 63.6 Å². The maximum Gasteiger partial charge on any atom is 0.277 e. The Morgan fingerprint density at radius 3 is 2.95 bits per heavy atom. The molecule has 1 aromatic carbocycles. The molecule has 0 radical (unpaired) electrons. The van der Waals surface area contributed by atoms with Crippen molar-refractivity contribution in [3.8, 4) is 5.75 Å². The van der Waals surface area contributed by atoms with Gasteiger partial charge in [0.1, 0.15) is 5.75 Å². The molecule has 2 rings (SSSR count). The Hall–Kier alpha value is -2.69. The van der Waals surface area contributed by atoms with E-state index in [-0.39, 0.29) is 12.5 Å². The molecule has 0 bridgehead atoms. The van der Waals surface area contributed by atoms with Crippen LogP contribution in [0.3, 0.4) is 0 Å². The van der Waals surface area contributed by atoms with Crippen LogP contribution in [0.1, 0.15) is 16.8 Å². The third-order valence-electron chi connectivity index (χ3n) is 2.78. The number of benzene rings is 1. The van der Waals surface area contributed by atoms with Crippen LogP contribution in [0.5, 0.6) is 5.75 Å². The van der Waals surface area contributed by atoms with E-state index in [9.17, 15) is 4.79 Å². The van der Waals surface area contributed by atoms with Crippen molar-refractivity contribution in [3.63, 3.8) is 0 Å². The quantitative estimate of drug-likeness (QED) is 0.676. The van der Waals surface area contributed by atoms with Gasteiger partial charge in [-0.3, -0.25) is 9.78 Å². The molecule has 5 heteroatoms. The van der Waals surface area contributed by atoms with Gasteiger partial charge in [-0.2, -0.15) is 5.10 Å². The first kappa shape index (κ1) is 14.7. The Kier molecular flexibility index (Phi) is 5.04. The number of rotatable bonds is 5. The van der Waals surface area contributed by atoms with Gasteiger partial charge < -0.3 is 4.74 Å². The molecule has 108 valence electrons. The molecule has 0 unspecified atom stereocenters. The van der Waals surface area contributed by atoms with Gasteiger partial charge in [0.05, 0.1) is 11.9 Å². The van der Waals surface area contributed by atoms with Crippen LogP contribution in [-0.4, -0.2) is 23.7 Å². The molecule has 21 heavy (non-hydrogen) atoms. The highest BCUT2D eigenvalue weighted by molar-refractivity contribution is 5.81. The number of aryl methyl sites for hydroxylation is 2. The second-order valence-electron chi connectivity index (χ2n) is 4.61. The lowest BCUT2D eigenvalue weighted by atomic mass is 10.1. The van der Waals surface area contributed by atoms with E-state index in [0.29, 0.717) is 11.4 Å². The molecule has 1 aromatic heterocycles. The normalized spacial score (nSPS) is 10.6. The summed E-state index contributed by atoms with van der Waals surface area (Å²) in [5.41, 5.74) is 5.15. The molecule has 0 atom stereocenters. The van der Waals surface area contributed by atoms with E-state index in [1.54, 1.807) is 12.3 Å².